The summed E-state index contributed by atoms with van der Waals surface area (Å²) < 4.78 is 60.2. The molecule has 0 bridgehead atoms. The van der Waals surface area contributed by atoms with E-state index in [-0.39, 0.29) is 54.0 Å². The van der Waals surface area contributed by atoms with Crippen molar-refractivity contribution >= 4 is 11.9 Å². The van der Waals surface area contributed by atoms with Gasteiger partial charge in [-0.05, 0) is 113 Å². The molecule has 7 N–H and O–H groups in total. The lowest BCUT2D eigenvalue weighted by molar-refractivity contribution is -0.355. The van der Waals surface area contributed by atoms with Crippen LogP contribution in [0.5, 0.6) is 0 Å². The second-order valence-electron chi connectivity index (χ2n) is 22.1. The Kier molecular flexibility index (Phi) is 14.9. The summed E-state index contributed by atoms with van der Waals surface area (Å²) in [4.78, 5) is 24.2. The van der Waals surface area contributed by atoms with Crippen LogP contribution in [0, 0.1) is 34.5 Å². The van der Waals surface area contributed by atoms with E-state index >= 15 is 0 Å². The fourth-order valence-corrected chi connectivity index (χ4v) is 14.6. The van der Waals surface area contributed by atoms with Crippen molar-refractivity contribution in [3.05, 3.63) is 11.6 Å². The molecule has 68 heavy (non-hydrogen) atoms. The third-order valence-electron chi connectivity index (χ3n) is 18.3. The van der Waals surface area contributed by atoms with Gasteiger partial charge in [0, 0.05) is 37.7 Å². The standard InChI is InChI=1S/C49H76O19/c1-22-43(66-38-18-33(53)44(23(2)61-38)67-39-19-34(63-25(4)51)45(24(3)62-39)68-46-42(57)41(56)40(55)35(20-50)65-46)32(52)17-37(60-22)64-28-9-12-47(5)27(16-28)7-8-31-30(47)10-13-48(6)29(11-14-49(31,48)58)26-15-36(54)59-21-26/h15,22-24,27-35,37-46,50,52-53,55-58H,7-14,16-21H2,1-6H3/t22-,23-,24-,27+,28+,29-,30-,31-,32+,33+,34+,35-,37+,38+,39+,40-,41+,42-,43+,44+,45+,46+,47+,48-,49+/m1/s1. The number of ether oxygens (including phenoxy) is 10. The minimum absolute atomic E-state index is 0.0126. The Labute approximate surface area is 398 Å². The lowest BCUT2D eigenvalue weighted by atomic mass is 9.43. The molecule has 9 rings (SSSR count). The molecule has 0 aromatic carbocycles. The summed E-state index contributed by atoms with van der Waals surface area (Å²) in [6.45, 7) is 10.8. The Bertz CT molecular complexity index is 1810. The molecule has 0 spiro atoms. The maximum absolute atomic E-state index is 12.6. The zero-order chi connectivity index (χ0) is 48.6. The molecular formula is C49H76O19. The molecule has 4 saturated carbocycles. The van der Waals surface area contributed by atoms with Gasteiger partial charge in [0.25, 0.3) is 0 Å². The van der Waals surface area contributed by atoms with Gasteiger partial charge in [0.1, 0.15) is 55.4 Å². The third kappa shape index (κ3) is 9.36. The van der Waals surface area contributed by atoms with Crippen LogP contribution in [-0.2, 0) is 57.0 Å². The maximum atomic E-state index is 12.6. The zero-order valence-electron chi connectivity index (χ0n) is 40.2. The second-order valence-corrected chi connectivity index (χ2v) is 22.1. The van der Waals surface area contributed by atoms with E-state index in [2.05, 4.69) is 13.8 Å². The summed E-state index contributed by atoms with van der Waals surface area (Å²) in [7, 11) is 0. The molecule has 5 heterocycles. The molecule has 25 atom stereocenters. The highest BCUT2D eigenvalue weighted by Crippen LogP contribution is 2.70. The molecular weight excluding hydrogens is 893 g/mol. The number of carbonyl (C=O) groups excluding carboxylic acids is 2. The van der Waals surface area contributed by atoms with Gasteiger partial charge in [-0.15, -0.1) is 0 Å². The van der Waals surface area contributed by atoms with Crippen LogP contribution in [0.1, 0.15) is 119 Å². The first-order chi connectivity index (χ1) is 32.2. The molecule has 0 radical (unpaired) electrons. The molecule has 4 saturated heterocycles. The predicted molar refractivity (Wildman–Crippen MR) is 233 cm³/mol. The highest BCUT2D eigenvalue weighted by atomic mass is 16.8. The predicted octanol–water partition coefficient (Wildman–Crippen LogP) is 1.64. The van der Waals surface area contributed by atoms with Crippen LogP contribution in [-0.4, -0.2) is 177 Å². The number of carbonyl (C=O) groups is 2. The first-order valence-corrected chi connectivity index (χ1v) is 25.2. The normalized spacial score (nSPS) is 52.8. The van der Waals surface area contributed by atoms with E-state index in [4.69, 9.17) is 47.4 Å². The van der Waals surface area contributed by atoms with Crippen molar-refractivity contribution in [2.45, 2.75) is 235 Å². The second kappa shape index (κ2) is 19.8. The molecule has 0 aromatic rings. The van der Waals surface area contributed by atoms with E-state index in [1.54, 1.807) is 19.9 Å². The number of cyclic esters (lactones) is 1. The molecule has 4 aliphatic carbocycles. The molecule has 0 unspecified atom stereocenters. The van der Waals surface area contributed by atoms with Gasteiger partial charge in [-0.2, -0.15) is 0 Å². The number of esters is 2. The summed E-state index contributed by atoms with van der Waals surface area (Å²) in [5, 5.41) is 76.1. The average molecular weight is 969 g/mol. The van der Waals surface area contributed by atoms with Crippen LogP contribution in [0.3, 0.4) is 0 Å². The summed E-state index contributed by atoms with van der Waals surface area (Å²) in [6, 6.07) is 0. The van der Waals surface area contributed by atoms with Crippen LogP contribution < -0.4 is 0 Å². The van der Waals surface area contributed by atoms with Gasteiger partial charge < -0.3 is 83.1 Å². The van der Waals surface area contributed by atoms with Gasteiger partial charge in [-0.3, -0.25) is 4.79 Å². The van der Waals surface area contributed by atoms with Crippen LogP contribution >= 0.6 is 0 Å². The zero-order valence-corrected chi connectivity index (χ0v) is 40.2. The first kappa shape index (κ1) is 51.0. The smallest absolute Gasteiger partial charge is 0.331 e. The van der Waals surface area contributed by atoms with Crippen LogP contribution in [0.15, 0.2) is 11.6 Å². The Morgan fingerprint density at radius 3 is 1.94 bits per heavy atom. The fraction of sp³-hybridized carbons (Fsp3) is 0.918. The lowest BCUT2D eigenvalue weighted by Gasteiger charge is -2.64. The molecule has 19 nitrogen and oxygen atoms in total. The summed E-state index contributed by atoms with van der Waals surface area (Å²) in [5.74, 6) is 0.357. The number of rotatable bonds is 11. The van der Waals surface area contributed by atoms with Crippen molar-refractivity contribution in [3.63, 3.8) is 0 Å². The van der Waals surface area contributed by atoms with Gasteiger partial charge in [0.05, 0.1) is 48.8 Å². The minimum Gasteiger partial charge on any atom is -0.459 e. The maximum Gasteiger partial charge on any atom is 0.331 e. The van der Waals surface area contributed by atoms with Crippen molar-refractivity contribution in [3.8, 4) is 0 Å². The largest absolute Gasteiger partial charge is 0.459 e. The van der Waals surface area contributed by atoms with E-state index in [1.807, 2.05) is 6.92 Å². The highest BCUT2D eigenvalue weighted by Gasteiger charge is 2.68. The summed E-state index contributed by atoms with van der Waals surface area (Å²) in [6.07, 6.45) is -7.65. The molecule has 19 heteroatoms. The molecule has 0 amide bonds. The molecule has 8 fully saturated rings. The third-order valence-corrected chi connectivity index (χ3v) is 18.3. The van der Waals surface area contributed by atoms with Crippen molar-refractivity contribution in [2.24, 2.45) is 34.5 Å². The van der Waals surface area contributed by atoms with E-state index in [1.165, 1.54) is 6.92 Å². The topological polar surface area (TPSA) is 268 Å². The van der Waals surface area contributed by atoms with Crippen LogP contribution in [0.25, 0.3) is 0 Å². The molecule has 5 aliphatic heterocycles. The van der Waals surface area contributed by atoms with Crippen LogP contribution in [0.2, 0.25) is 0 Å². The quantitative estimate of drug-likeness (QED) is 0.115. The van der Waals surface area contributed by atoms with Gasteiger partial charge in [-0.25, -0.2) is 4.79 Å². The Hall–Kier alpha value is -1.92. The average Bonchev–Trinajstić information content (AvgIpc) is 3.83. The van der Waals surface area contributed by atoms with Crippen LogP contribution in [0.4, 0.5) is 0 Å². The van der Waals surface area contributed by atoms with Gasteiger partial charge in [0.2, 0.25) is 0 Å². The van der Waals surface area contributed by atoms with Crippen molar-refractivity contribution in [1.29, 1.82) is 0 Å². The number of fused-ring (bicyclic) bond motifs is 5. The van der Waals surface area contributed by atoms with E-state index in [9.17, 15) is 45.3 Å². The van der Waals surface area contributed by atoms with Crippen molar-refractivity contribution < 1.29 is 92.7 Å². The van der Waals surface area contributed by atoms with E-state index in [0.717, 1.165) is 63.4 Å². The van der Waals surface area contributed by atoms with E-state index in [0.29, 0.717) is 18.4 Å². The molecule has 9 aliphatic rings. The Morgan fingerprint density at radius 1 is 0.706 bits per heavy atom. The fourth-order valence-electron chi connectivity index (χ4n) is 14.6. The minimum atomic E-state index is -1.68. The summed E-state index contributed by atoms with van der Waals surface area (Å²) in [5.41, 5.74) is 0.0925. The van der Waals surface area contributed by atoms with Crippen molar-refractivity contribution in [2.75, 3.05) is 13.2 Å². The van der Waals surface area contributed by atoms with Gasteiger partial charge in [-0.1, -0.05) is 13.8 Å². The highest BCUT2D eigenvalue weighted by molar-refractivity contribution is 5.85. The number of aliphatic hydroxyl groups is 7. The van der Waals surface area contributed by atoms with Gasteiger partial charge >= 0.3 is 11.9 Å². The molecule has 386 valence electrons. The Balaban J connectivity index is 0.746. The lowest BCUT2D eigenvalue weighted by Crippen LogP contribution is -2.62. The molecule has 0 aromatic heterocycles. The SMILES string of the molecule is CC(=O)O[C@H]1C[C@H](O[C@@H]2[C@@H](O)C[C@H](O[C@@H]3[C@@H](O)C[C@H](O[C@H]4CC[C@@]5(C)[C@@H](CC[C@@H]6[C@H]5CC[C@]5(C)[C@@H](C7=CC(=O)OC7)CC[C@]65O)C4)O[C@@H]3C)O[C@@H]2C)O[C@H](C)[C@@H]1O[C@@H]1O[C@H](CO)[C@@H](O)[C@H](O)[C@H]1O. The monoisotopic (exact) mass is 968 g/mol. The number of aliphatic hydroxyl groups excluding tert-OH is 6. The Morgan fingerprint density at radius 2 is 1.34 bits per heavy atom. The number of hydrogen-bond donors (Lipinski definition) is 7. The van der Waals surface area contributed by atoms with E-state index < -0.39 is 123 Å². The number of hydrogen-bond acceptors (Lipinski definition) is 19. The summed E-state index contributed by atoms with van der Waals surface area (Å²) >= 11 is 0. The van der Waals surface area contributed by atoms with Gasteiger partial charge in [0.15, 0.2) is 25.2 Å². The van der Waals surface area contributed by atoms with Crippen molar-refractivity contribution in [1.82, 2.24) is 0 Å². The first-order valence-electron chi connectivity index (χ1n) is 25.2.